The number of hydrogen-bond donors (Lipinski definition) is 4. The van der Waals surface area contributed by atoms with Crippen molar-refractivity contribution in [2.45, 2.75) is 0 Å². The molecule has 21 heavy (non-hydrogen) atoms. The van der Waals surface area contributed by atoms with E-state index >= 15 is 0 Å². The number of anilines is 1. The number of benzene rings is 1. The smallest absolute Gasteiger partial charge is 0.337 e. The minimum Gasteiger partial charge on any atom is -0.478 e. The van der Waals surface area contributed by atoms with E-state index < -0.39 is 27.8 Å². The number of carbonyl (C=O) groups is 2. The van der Waals surface area contributed by atoms with Crippen LogP contribution < -0.4 is 15.4 Å². The van der Waals surface area contributed by atoms with E-state index in [-0.39, 0.29) is 24.3 Å². The Morgan fingerprint density at radius 1 is 1.29 bits per heavy atom. The molecule has 0 radical (unpaired) electrons. The van der Waals surface area contributed by atoms with Gasteiger partial charge in [-0.25, -0.2) is 27.1 Å². The standard InChI is InChI=1S/C11H14FN3O5S/c1-21(19,20)14-5-4-13-11(18)15-9-6-7(12)2-3-8(9)10(16)17/h2-3,6,14H,4-5H2,1H3,(H,16,17)(H2,13,15,18). The van der Waals surface area contributed by atoms with E-state index in [0.717, 1.165) is 24.5 Å². The highest BCUT2D eigenvalue weighted by atomic mass is 32.2. The van der Waals surface area contributed by atoms with E-state index in [1.807, 2.05) is 0 Å². The number of nitrogens with one attached hydrogen (secondary N) is 3. The molecule has 0 aliphatic heterocycles. The summed E-state index contributed by atoms with van der Waals surface area (Å²) in [6.07, 6.45) is 0.971. The van der Waals surface area contributed by atoms with Crippen LogP contribution in [0, 0.1) is 5.82 Å². The molecule has 116 valence electrons. The van der Waals surface area contributed by atoms with Gasteiger partial charge in [-0.05, 0) is 18.2 Å². The first-order valence-corrected chi connectivity index (χ1v) is 7.60. The van der Waals surface area contributed by atoms with Crippen molar-refractivity contribution in [3.05, 3.63) is 29.6 Å². The van der Waals surface area contributed by atoms with Crippen LogP contribution in [0.5, 0.6) is 0 Å². The topological polar surface area (TPSA) is 125 Å². The number of carboxylic acids is 1. The maximum atomic E-state index is 13.1. The number of urea groups is 1. The first-order valence-electron chi connectivity index (χ1n) is 5.71. The van der Waals surface area contributed by atoms with Gasteiger partial charge >= 0.3 is 12.0 Å². The maximum Gasteiger partial charge on any atom is 0.337 e. The number of carbonyl (C=O) groups excluding carboxylic acids is 1. The molecule has 1 aromatic carbocycles. The fourth-order valence-corrected chi connectivity index (χ4v) is 1.86. The van der Waals surface area contributed by atoms with E-state index in [0.29, 0.717) is 0 Å². The van der Waals surface area contributed by atoms with E-state index in [2.05, 4.69) is 15.4 Å². The van der Waals surface area contributed by atoms with Crippen LogP contribution in [-0.4, -0.2) is 44.9 Å². The van der Waals surface area contributed by atoms with Gasteiger partial charge in [-0.3, -0.25) is 0 Å². The molecule has 0 fully saturated rings. The predicted octanol–water partition coefficient (Wildman–Crippen LogP) is 0.195. The molecule has 0 aromatic heterocycles. The SMILES string of the molecule is CS(=O)(=O)NCCNC(=O)Nc1cc(F)ccc1C(=O)O. The van der Waals surface area contributed by atoms with Crippen LogP contribution in [0.4, 0.5) is 14.9 Å². The summed E-state index contributed by atoms with van der Waals surface area (Å²) in [5, 5.41) is 13.4. The zero-order valence-electron chi connectivity index (χ0n) is 11.0. The Morgan fingerprint density at radius 2 is 1.95 bits per heavy atom. The molecular weight excluding hydrogens is 305 g/mol. The maximum absolute atomic E-state index is 13.1. The molecule has 10 heteroatoms. The first-order chi connectivity index (χ1) is 9.69. The first kappa shape index (κ1) is 16.9. The van der Waals surface area contributed by atoms with Crippen LogP contribution >= 0.6 is 0 Å². The summed E-state index contributed by atoms with van der Waals surface area (Å²) >= 11 is 0. The zero-order chi connectivity index (χ0) is 16.0. The monoisotopic (exact) mass is 319 g/mol. The number of carboxylic acid groups (broad SMARTS) is 1. The zero-order valence-corrected chi connectivity index (χ0v) is 11.8. The molecule has 0 spiro atoms. The van der Waals surface area contributed by atoms with E-state index in [1.165, 1.54) is 0 Å². The predicted molar refractivity (Wildman–Crippen MR) is 73.2 cm³/mol. The van der Waals surface area contributed by atoms with Crippen LogP contribution in [-0.2, 0) is 10.0 Å². The van der Waals surface area contributed by atoms with E-state index in [4.69, 9.17) is 5.11 Å². The molecule has 4 N–H and O–H groups in total. The summed E-state index contributed by atoms with van der Waals surface area (Å²) in [6.45, 7) is -0.0438. The quantitative estimate of drug-likeness (QED) is 0.557. The second-order valence-corrected chi connectivity index (χ2v) is 5.88. The third-order valence-electron chi connectivity index (χ3n) is 2.24. The molecular formula is C11H14FN3O5S. The van der Waals surface area contributed by atoms with Crippen molar-refractivity contribution in [1.82, 2.24) is 10.0 Å². The fourth-order valence-electron chi connectivity index (χ4n) is 1.39. The van der Waals surface area contributed by atoms with Gasteiger partial charge in [-0.2, -0.15) is 0 Å². The van der Waals surface area contributed by atoms with Gasteiger partial charge in [-0.15, -0.1) is 0 Å². The number of halogens is 1. The largest absolute Gasteiger partial charge is 0.478 e. The highest BCUT2D eigenvalue weighted by Gasteiger charge is 2.13. The Balaban J connectivity index is 2.59. The Morgan fingerprint density at radius 3 is 2.52 bits per heavy atom. The Kier molecular flexibility index (Phi) is 5.61. The van der Waals surface area contributed by atoms with E-state index in [1.54, 1.807) is 0 Å². The molecule has 0 bridgehead atoms. The summed E-state index contributed by atoms with van der Waals surface area (Å²) in [4.78, 5) is 22.4. The number of sulfonamides is 1. The average Bonchev–Trinajstić information content (AvgIpc) is 2.33. The van der Waals surface area contributed by atoms with E-state index in [9.17, 15) is 22.4 Å². The minimum atomic E-state index is -3.35. The van der Waals surface area contributed by atoms with Crippen molar-refractivity contribution < 1.29 is 27.5 Å². The fraction of sp³-hybridized carbons (Fsp3) is 0.273. The van der Waals surface area contributed by atoms with Gasteiger partial charge in [-0.1, -0.05) is 0 Å². The molecule has 0 atom stereocenters. The lowest BCUT2D eigenvalue weighted by Gasteiger charge is -2.10. The number of hydrogen-bond acceptors (Lipinski definition) is 4. The number of amides is 2. The Hall–Kier alpha value is -2.20. The molecule has 0 aliphatic rings. The lowest BCUT2D eigenvalue weighted by atomic mass is 10.2. The third-order valence-corrected chi connectivity index (χ3v) is 2.96. The summed E-state index contributed by atoms with van der Waals surface area (Å²) < 4.78 is 36.8. The van der Waals surface area contributed by atoms with Crippen molar-refractivity contribution in [3.8, 4) is 0 Å². The molecule has 0 aliphatic carbocycles. The summed E-state index contributed by atoms with van der Waals surface area (Å²) in [7, 11) is -3.35. The van der Waals surface area contributed by atoms with Crippen molar-refractivity contribution in [2.24, 2.45) is 0 Å². The summed E-state index contributed by atoms with van der Waals surface area (Å²) in [5.74, 6) is -2.02. The van der Waals surface area contributed by atoms with Gasteiger partial charge in [0.2, 0.25) is 10.0 Å². The summed E-state index contributed by atoms with van der Waals surface area (Å²) in [6, 6.07) is 2.08. The molecule has 0 heterocycles. The highest BCUT2D eigenvalue weighted by Crippen LogP contribution is 2.17. The van der Waals surface area contributed by atoms with Crippen LogP contribution in [0.15, 0.2) is 18.2 Å². The normalized spacial score (nSPS) is 11.0. The van der Waals surface area contributed by atoms with Gasteiger partial charge in [0, 0.05) is 13.1 Å². The average molecular weight is 319 g/mol. The van der Waals surface area contributed by atoms with Crippen LogP contribution in [0.2, 0.25) is 0 Å². The minimum absolute atomic E-state index is 0.0172. The summed E-state index contributed by atoms with van der Waals surface area (Å²) in [5.41, 5.74) is -0.461. The van der Waals surface area contributed by atoms with Crippen molar-refractivity contribution in [3.63, 3.8) is 0 Å². The van der Waals surface area contributed by atoms with Gasteiger partial charge in [0.05, 0.1) is 17.5 Å². The number of rotatable bonds is 6. The lowest BCUT2D eigenvalue weighted by molar-refractivity contribution is 0.0698. The third kappa shape index (κ3) is 6.19. The molecule has 1 aromatic rings. The molecule has 0 unspecified atom stereocenters. The lowest BCUT2D eigenvalue weighted by Crippen LogP contribution is -2.36. The number of aromatic carboxylic acids is 1. The second kappa shape index (κ2) is 6.99. The van der Waals surface area contributed by atoms with Crippen LogP contribution in [0.25, 0.3) is 0 Å². The van der Waals surface area contributed by atoms with Gasteiger partial charge in [0.1, 0.15) is 5.82 Å². The van der Waals surface area contributed by atoms with Crippen molar-refractivity contribution >= 4 is 27.7 Å². The van der Waals surface area contributed by atoms with Gasteiger partial charge in [0.15, 0.2) is 0 Å². The molecule has 8 nitrogen and oxygen atoms in total. The van der Waals surface area contributed by atoms with Gasteiger partial charge in [0.25, 0.3) is 0 Å². The Bertz CT molecular complexity index is 647. The molecule has 2 amide bonds. The molecule has 0 saturated carbocycles. The molecule has 0 saturated heterocycles. The van der Waals surface area contributed by atoms with Crippen molar-refractivity contribution in [1.29, 1.82) is 0 Å². The van der Waals surface area contributed by atoms with Crippen molar-refractivity contribution in [2.75, 3.05) is 24.7 Å². The van der Waals surface area contributed by atoms with Gasteiger partial charge < -0.3 is 15.7 Å². The highest BCUT2D eigenvalue weighted by molar-refractivity contribution is 7.88. The molecule has 1 rings (SSSR count). The van der Waals surface area contributed by atoms with Crippen LogP contribution in [0.3, 0.4) is 0 Å². The Labute approximate surface area is 120 Å². The second-order valence-electron chi connectivity index (χ2n) is 4.04. The van der Waals surface area contributed by atoms with Crippen LogP contribution in [0.1, 0.15) is 10.4 Å².